The van der Waals surface area contributed by atoms with E-state index >= 15 is 0 Å². The van der Waals surface area contributed by atoms with Crippen molar-refractivity contribution in [3.8, 4) is 0 Å². The van der Waals surface area contributed by atoms with Gasteiger partial charge in [0.2, 0.25) is 0 Å². The highest BCUT2D eigenvalue weighted by atomic mass is 16.5. The molecule has 3 N–H and O–H groups in total. The van der Waals surface area contributed by atoms with Crippen LogP contribution in [0.3, 0.4) is 0 Å². The van der Waals surface area contributed by atoms with E-state index in [0.717, 1.165) is 23.6 Å². The molecule has 1 aliphatic heterocycles. The first-order valence-corrected chi connectivity index (χ1v) is 5.40. The maximum absolute atomic E-state index is 11.5. The van der Waals surface area contributed by atoms with Crippen molar-refractivity contribution < 1.29 is 14.4 Å². The van der Waals surface area contributed by atoms with Crippen LogP contribution < -0.4 is 10.6 Å². The maximum atomic E-state index is 11.5. The van der Waals surface area contributed by atoms with Crippen LogP contribution in [0, 0.1) is 0 Å². The molecule has 1 amide bonds. The molecule has 16 heavy (non-hydrogen) atoms. The number of pyridine rings is 1. The van der Waals surface area contributed by atoms with Crippen LogP contribution in [0.1, 0.15) is 11.6 Å². The van der Waals surface area contributed by atoms with Crippen LogP contribution in [0.15, 0.2) is 24.5 Å². The third kappa shape index (κ3) is 2.37. The largest absolute Gasteiger partial charge is 0.370 e. The second-order valence-corrected chi connectivity index (χ2v) is 3.89. The lowest BCUT2D eigenvalue weighted by Crippen LogP contribution is -3.15. The molecule has 86 valence electrons. The molecule has 2 heterocycles. The van der Waals surface area contributed by atoms with Gasteiger partial charge in [-0.05, 0) is 12.1 Å². The summed E-state index contributed by atoms with van der Waals surface area (Å²) >= 11 is 0. The fraction of sp³-hybridized carbons (Fsp3) is 0.455. The molecule has 0 unspecified atom stereocenters. The summed E-state index contributed by atoms with van der Waals surface area (Å²) in [6.07, 6.45) is 3.40. The third-order valence-corrected chi connectivity index (χ3v) is 2.85. The number of ether oxygens (including phenoxy) is 1. The van der Waals surface area contributed by atoms with Crippen LogP contribution >= 0.6 is 0 Å². The molecule has 0 aromatic carbocycles. The minimum absolute atomic E-state index is 0.301. The van der Waals surface area contributed by atoms with Crippen molar-refractivity contribution >= 4 is 5.91 Å². The van der Waals surface area contributed by atoms with Gasteiger partial charge in [0.25, 0.3) is 5.91 Å². The van der Waals surface area contributed by atoms with Gasteiger partial charge >= 0.3 is 0 Å². The predicted octanol–water partition coefficient (Wildman–Crippen LogP) is -1.48. The molecule has 0 saturated carbocycles. The van der Waals surface area contributed by atoms with Gasteiger partial charge in [0.15, 0.2) is 6.04 Å². The van der Waals surface area contributed by atoms with Crippen molar-refractivity contribution in [2.45, 2.75) is 6.04 Å². The number of morpholine rings is 1. The number of hydrogen-bond donors (Lipinski definition) is 2. The minimum Gasteiger partial charge on any atom is -0.370 e. The molecule has 0 spiro atoms. The van der Waals surface area contributed by atoms with E-state index < -0.39 is 0 Å². The van der Waals surface area contributed by atoms with Gasteiger partial charge < -0.3 is 15.4 Å². The second kappa shape index (κ2) is 5.05. The topological polar surface area (TPSA) is 69.7 Å². The fourth-order valence-electron chi connectivity index (χ4n) is 2.07. The molecule has 0 bridgehead atoms. The Labute approximate surface area is 94.2 Å². The molecule has 1 atom stereocenters. The number of nitrogens with one attached hydrogen (secondary N) is 1. The third-order valence-electron chi connectivity index (χ3n) is 2.85. The van der Waals surface area contributed by atoms with E-state index in [-0.39, 0.29) is 11.9 Å². The molecule has 1 fully saturated rings. The lowest BCUT2D eigenvalue weighted by atomic mass is 10.1. The average Bonchev–Trinajstić information content (AvgIpc) is 2.31. The Morgan fingerprint density at radius 1 is 1.50 bits per heavy atom. The van der Waals surface area contributed by atoms with E-state index in [9.17, 15) is 4.79 Å². The van der Waals surface area contributed by atoms with Gasteiger partial charge in [-0.3, -0.25) is 9.78 Å². The van der Waals surface area contributed by atoms with Crippen molar-refractivity contribution in [1.29, 1.82) is 0 Å². The summed E-state index contributed by atoms with van der Waals surface area (Å²) in [7, 11) is 0. The standard InChI is InChI=1S/C11H15N3O2/c12-11(15)10(9-2-1-3-13-8-9)14-4-6-16-7-5-14/h1-3,8,10H,4-7H2,(H2,12,15)/p+1/t10-/m0/s1. The van der Waals surface area contributed by atoms with Crippen LogP contribution in [0.4, 0.5) is 0 Å². The highest BCUT2D eigenvalue weighted by molar-refractivity contribution is 5.79. The fourth-order valence-corrected chi connectivity index (χ4v) is 2.07. The van der Waals surface area contributed by atoms with E-state index in [1.54, 1.807) is 12.4 Å². The van der Waals surface area contributed by atoms with Crippen LogP contribution in [-0.2, 0) is 9.53 Å². The summed E-state index contributed by atoms with van der Waals surface area (Å²) < 4.78 is 5.28. The average molecular weight is 222 g/mol. The Morgan fingerprint density at radius 3 is 2.81 bits per heavy atom. The van der Waals surface area contributed by atoms with Crippen LogP contribution in [0.25, 0.3) is 0 Å². The highest BCUT2D eigenvalue weighted by Gasteiger charge is 2.31. The smallest absolute Gasteiger partial charge is 0.280 e. The van der Waals surface area contributed by atoms with E-state index in [1.807, 2.05) is 12.1 Å². The van der Waals surface area contributed by atoms with Crippen LogP contribution in [-0.4, -0.2) is 37.2 Å². The number of amides is 1. The number of aromatic nitrogens is 1. The van der Waals surface area contributed by atoms with Gasteiger partial charge in [-0.15, -0.1) is 0 Å². The zero-order chi connectivity index (χ0) is 11.4. The van der Waals surface area contributed by atoms with Crippen molar-refractivity contribution in [2.24, 2.45) is 5.73 Å². The molecule has 5 nitrogen and oxygen atoms in total. The first-order chi connectivity index (χ1) is 7.79. The Balaban J connectivity index is 2.20. The van der Waals surface area contributed by atoms with Gasteiger partial charge in [-0.1, -0.05) is 0 Å². The maximum Gasteiger partial charge on any atom is 0.280 e. The van der Waals surface area contributed by atoms with Gasteiger partial charge in [0.1, 0.15) is 13.1 Å². The molecular formula is C11H16N3O2+. The number of carbonyl (C=O) groups is 1. The van der Waals surface area contributed by atoms with E-state index in [0.29, 0.717) is 13.2 Å². The predicted molar refractivity (Wildman–Crippen MR) is 57.7 cm³/mol. The van der Waals surface area contributed by atoms with Crippen molar-refractivity contribution in [3.63, 3.8) is 0 Å². The van der Waals surface area contributed by atoms with Crippen molar-refractivity contribution in [1.82, 2.24) is 4.98 Å². The molecule has 1 saturated heterocycles. The van der Waals surface area contributed by atoms with E-state index in [1.165, 1.54) is 0 Å². The summed E-state index contributed by atoms with van der Waals surface area (Å²) in [6.45, 7) is 2.98. The molecule has 1 aromatic rings. The molecule has 1 aromatic heterocycles. The number of hydrogen-bond acceptors (Lipinski definition) is 3. The lowest BCUT2D eigenvalue weighted by Gasteiger charge is -2.29. The zero-order valence-electron chi connectivity index (χ0n) is 9.06. The summed E-state index contributed by atoms with van der Waals surface area (Å²) in [5, 5.41) is 0. The number of rotatable bonds is 3. The number of quaternary nitrogens is 1. The number of nitrogens with two attached hydrogens (primary N) is 1. The lowest BCUT2D eigenvalue weighted by molar-refractivity contribution is -0.929. The first kappa shape index (κ1) is 11.0. The van der Waals surface area contributed by atoms with E-state index in [2.05, 4.69) is 4.98 Å². The summed E-state index contributed by atoms with van der Waals surface area (Å²) in [6, 6.07) is 3.41. The Bertz CT molecular complexity index is 350. The quantitative estimate of drug-likeness (QED) is 0.655. The molecule has 0 aliphatic carbocycles. The molecule has 1 aliphatic rings. The normalized spacial score (nSPS) is 19.2. The van der Waals surface area contributed by atoms with Gasteiger partial charge in [0, 0.05) is 18.0 Å². The van der Waals surface area contributed by atoms with Crippen LogP contribution in [0.2, 0.25) is 0 Å². The van der Waals surface area contributed by atoms with E-state index in [4.69, 9.17) is 10.5 Å². The molecule has 0 radical (unpaired) electrons. The van der Waals surface area contributed by atoms with Gasteiger partial charge in [-0.25, -0.2) is 0 Å². The van der Waals surface area contributed by atoms with Crippen LogP contribution in [0.5, 0.6) is 0 Å². The molecule has 5 heteroatoms. The zero-order valence-corrected chi connectivity index (χ0v) is 9.06. The monoisotopic (exact) mass is 222 g/mol. The number of nitrogens with zero attached hydrogens (tertiary/aromatic N) is 1. The van der Waals surface area contributed by atoms with Gasteiger partial charge in [0.05, 0.1) is 13.2 Å². The highest BCUT2D eigenvalue weighted by Crippen LogP contribution is 2.07. The second-order valence-electron chi connectivity index (χ2n) is 3.89. The Morgan fingerprint density at radius 2 is 2.25 bits per heavy atom. The molecule has 2 rings (SSSR count). The SMILES string of the molecule is NC(=O)[C@H](c1cccnc1)[NH+]1CCOCC1. The summed E-state index contributed by atoms with van der Waals surface area (Å²) in [5.74, 6) is -0.301. The Kier molecular flexibility index (Phi) is 3.48. The van der Waals surface area contributed by atoms with Crippen molar-refractivity contribution in [3.05, 3.63) is 30.1 Å². The van der Waals surface area contributed by atoms with Crippen molar-refractivity contribution in [2.75, 3.05) is 26.3 Å². The summed E-state index contributed by atoms with van der Waals surface area (Å²) in [4.78, 5) is 16.7. The Hall–Kier alpha value is -1.46. The molecular weight excluding hydrogens is 206 g/mol. The number of primary amides is 1. The minimum atomic E-state index is -0.308. The number of carbonyl (C=O) groups excluding carboxylic acids is 1. The van der Waals surface area contributed by atoms with Gasteiger partial charge in [-0.2, -0.15) is 0 Å². The first-order valence-electron chi connectivity index (χ1n) is 5.40. The summed E-state index contributed by atoms with van der Waals surface area (Å²) in [5.41, 5.74) is 6.35.